The predicted octanol–water partition coefficient (Wildman–Crippen LogP) is 15.5. The average molecular weight is 936 g/mol. The first-order valence-corrected chi connectivity index (χ1v) is 27.8. The number of hydrogen-bond donors (Lipinski definition) is 3. The number of aliphatic carboxylic acids is 1. The third kappa shape index (κ3) is 49.4. The van der Waals surface area contributed by atoms with Crippen LogP contribution in [0.15, 0.2) is 60.8 Å². The van der Waals surface area contributed by atoms with Gasteiger partial charge in [-0.15, -0.1) is 0 Å². The third-order valence-electron chi connectivity index (χ3n) is 11.3. The summed E-state index contributed by atoms with van der Waals surface area (Å²) < 4.78 is 33.5. The number of carboxylic acid groups (broad SMARTS) is 1. The van der Waals surface area contributed by atoms with Crippen molar-refractivity contribution in [1.82, 2.24) is 0 Å². The molecular weight excluding hydrogens is 838 g/mol. The van der Waals surface area contributed by atoms with E-state index in [-0.39, 0.29) is 13.0 Å². The van der Waals surface area contributed by atoms with Gasteiger partial charge in [0.1, 0.15) is 12.1 Å². The van der Waals surface area contributed by atoms with Crippen LogP contribution in [0.1, 0.15) is 232 Å². The SMILES string of the molecule is CCCCCCC/C=C\C/C=C\C/C=C\CCCCCCCCC(=O)OC(COCCCCCCCCCCCC/C=C\C/C=C\CCCCCCC)COP(=O)(O)OCC(N)C(=O)O. The fraction of sp³-hybridized carbons (Fsp3) is 0.778. The van der Waals surface area contributed by atoms with Crippen molar-refractivity contribution in [2.24, 2.45) is 5.73 Å². The summed E-state index contributed by atoms with van der Waals surface area (Å²) in [4.78, 5) is 33.7. The Morgan fingerprint density at radius 1 is 0.492 bits per heavy atom. The molecule has 0 radical (unpaired) electrons. The van der Waals surface area contributed by atoms with Gasteiger partial charge in [0.25, 0.3) is 0 Å². The first-order valence-electron chi connectivity index (χ1n) is 26.3. The van der Waals surface area contributed by atoms with Gasteiger partial charge < -0.3 is 25.2 Å². The van der Waals surface area contributed by atoms with E-state index in [1.165, 1.54) is 128 Å². The van der Waals surface area contributed by atoms with E-state index in [0.717, 1.165) is 77.0 Å². The van der Waals surface area contributed by atoms with Gasteiger partial charge >= 0.3 is 19.8 Å². The topological polar surface area (TPSA) is 155 Å². The molecule has 0 spiro atoms. The fourth-order valence-electron chi connectivity index (χ4n) is 7.17. The number of carbonyl (C=O) groups excluding carboxylic acids is 1. The molecule has 10 nitrogen and oxygen atoms in total. The zero-order valence-electron chi connectivity index (χ0n) is 41.6. The van der Waals surface area contributed by atoms with E-state index in [1.807, 2.05) is 0 Å². The molecule has 11 heteroatoms. The second kappa shape index (κ2) is 49.6. The van der Waals surface area contributed by atoms with Crippen molar-refractivity contribution in [3.05, 3.63) is 60.8 Å². The lowest BCUT2D eigenvalue weighted by molar-refractivity contribution is -0.154. The molecule has 0 aromatic carbocycles. The minimum absolute atomic E-state index is 0.00780. The number of phosphoric acid groups is 1. The second-order valence-corrected chi connectivity index (χ2v) is 19.1. The van der Waals surface area contributed by atoms with Crippen LogP contribution in [-0.2, 0) is 32.7 Å². The Bertz CT molecular complexity index is 1270. The van der Waals surface area contributed by atoms with E-state index < -0.39 is 45.1 Å². The third-order valence-corrected chi connectivity index (χ3v) is 12.2. The lowest BCUT2D eigenvalue weighted by Crippen LogP contribution is -2.34. The summed E-state index contributed by atoms with van der Waals surface area (Å²) in [6.45, 7) is 3.86. The highest BCUT2D eigenvalue weighted by atomic mass is 31.2. The Balaban J connectivity index is 4.17. The number of carboxylic acids is 1. The van der Waals surface area contributed by atoms with Crippen LogP contribution in [0.2, 0.25) is 0 Å². The molecule has 4 N–H and O–H groups in total. The van der Waals surface area contributed by atoms with E-state index >= 15 is 0 Å². The van der Waals surface area contributed by atoms with Gasteiger partial charge in [-0.05, 0) is 83.5 Å². The monoisotopic (exact) mass is 936 g/mol. The number of allylic oxidation sites excluding steroid dienone is 10. The quantitative estimate of drug-likeness (QED) is 0.0232. The number of ether oxygens (including phenoxy) is 2. The fourth-order valence-corrected chi connectivity index (χ4v) is 7.95. The molecule has 0 aromatic rings. The number of phosphoric ester groups is 1. The molecule has 0 saturated carbocycles. The van der Waals surface area contributed by atoms with E-state index in [2.05, 4.69) is 74.6 Å². The van der Waals surface area contributed by atoms with Crippen molar-refractivity contribution < 1.29 is 42.7 Å². The number of unbranched alkanes of at least 4 members (excludes halogenated alkanes) is 26. The van der Waals surface area contributed by atoms with Crippen LogP contribution in [0.25, 0.3) is 0 Å². The first kappa shape index (κ1) is 62.7. The maximum atomic E-state index is 12.7. The molecule has 3 atom stereocenters. The van der Waals surface area contributed by atoms with Gasteiger partial charge in [0.2, 0.25) is 0 Å². The molecule has 0 aliphatic rings. The van der Waals surface area contributed by atoms with E-state index in [9.17, 15) is 19.0 Å². The largest absolute Gasteiger partial charge is 0.480 e. The first-order chi connectivity index (χ1) is 31.7. The zero-order valence-corrected chi connectivity index (χ0v) is 42.5. The molecule has 0 saturated heterocycles. The van der Waals surface area contributed by atoms with Gasteiger partial charge in [0.05, 0.1) is 19.8 Å². The summed E-state index contributed by atoms with van der Waals surface area (Å²) in [7, 11) is -4.63. The number of hydrogen-bond acceptors (Lipinski definition) is 8. The average Bonchev–Trinajstić information content (AvgIpc) is 3.29. The van der Waals surface area contributed by atoms with Crippen LogP contribution >= 0.6 is 7.82 Å². The lowest BCUT2D eigenvalue weighted by Gasteiger charge is -2.20. The summed E-state index contributed by atoms with van der Waals surface area (Å²) in [6, 6.07) is -1.48. The number of rotatable bonds is 50. The highest BCUT2D eigenvalue weighted by molar-refractivity contribution is 7.47. The molecule has 0 heterocycles. The highest BCUT2D eigenvalue weighted by Gasteiger charge is 2.27. The molecular formula is C54H98NO9P. The summed E-state index contributed by atoms with van der Waals surface area (Å²) in [5.74, 6) is -1.79. The maximum absolute atomic E-state index is 12.7. The van der Waals surface area contributed by atoms with Crippen molar-refractivity contribution in [3.63, 3.8) is 0 Å². The Hall–Kier alpha value is -2.33. The standard InChI is InChI=1S/C54H98NO9P/c1-3-5-7-9-11-13-15-17-19-21-23-25-27-29-31-33-35-37-39-41-43-45-47-61-48-51(49-62-65(59,60)63-50-52(55)54(57)58)64-53(56)46-44-42-40-38-36-34-32-30-28-26-24-22-20-18-16-14-12-10-8-6-4-2/h15-18,21-24,28,30,51-52H,3-14,19-20,25-27,29,31-50,55H2,1-2H3,(H,57,58)(H,59,60)/b17-15-,18-16-,23-21-,24-22-,30-28-. The predicted molar refractivity (Wildman–Crippen MR) is 272 cm³/mol. The van der Waals surface area contributed by atoms with Gasteiger partial charge in [0.15, 0.2) is 0 Å². The van der Waals surface area contributed by atoms with E-state index in [0.29, 0.717) is 13.0 Å². The molecule has 65 heavy (non-hydrogen) atoms. The van der Waals surface area contributed by atoms with Crippen molar-refractivity contribution >= 4 is 19.8 Å². The van der Waals surface area contributed by atoms with Gasteiger partial charge in [-0.2, -0.15) is 0 Å². The second-order valence-electron chi connectivity index (χ2n) is 17.6. The van der Waals surface area contributed by atoms with Crippen LogP contribution in [0.4, 0.5) is 0 Å². The van der Waals surface area contributed by atoms with Gasteiger partial charge in [-0.1, -0.05) is 203 Å². The minimum Gasteiger partial charge on any atom is -0.480 e. The van der Waals surface area contributed by atoms with Crippen LogP contribution in [-0.4, -0.2) is 60.5 Å². The Kier molecular flexibility index (Phi) is 47.8. The van der Waals surface area contributed by atoms with Crippen LogP contribution in [0.3, 0.4) is 0 Å². The molecule has 3 unspecified atom stereocenters. The van der Waals surface area contributed by atoms with E-state index in [4.69, 9.17) is 29.4 Å². The van der Waals surface area contributed by atoms with Crippen LogP contribution < -0.4 is 5.73 Å². The van der Waals surface area contributed by atoms with Gasteiger partial charge in [-0.3, -0.25) is 18.6 Å². The summed E-state index contributed by atoms with van der Waals surface area (Å²) in [5, 5.41) is 8.93. The lowest BCUT2D eigenvalue weighted by atomic mass is 10.1. The molecule has 0 fully saturated rings. The van der Waals surface area contributed by atoms with Crippen molar-refractivity contribution in [3.8, 4) is 0 Å². The van der Waals surface area contributed by atoms with Crippen molar-refractivity contribution in [2.45, 2.75) is 244 Å². The summed E-state index contributed by atoms with van der Waals surface area (Å²) >= 11 is 0. The molecule has 0 aromatic heterocycles. The molecule has 378 valence electrons. The molecule has 0 bridgehead atoms. The normalized spacial score (nSPS) is 14.2. The Labute approximate surface area is 398 Å². The number of carbonyl (C=O) groups is 2. The number of nitrogens with two attached hydrogens (primary N) is 1. The van der Waals surface area contributed by atoms with Crippen molar-refractivity contribution in [2.75, 3.05) is 26.4 Å². The van der Waals surface area contributed by atoms with Crippen molar-refractivity contribution in [1.29, 1.82) is 0 Å². The minimum atomic E-state index is -4.63. The van der Waals surface area contributed by atoms with Gasteiger partial charge in [0, 0.05) is 13.0 Å². The highest BCUT2D eigenvalue weighted by Crippen LogP contribution is 2.43. The smallest absolute Gasteiger partial charge is 0.472 e. The maximum Gasteiger partial charge on any atom is 0.472 e. The van der Waals surface area contributed by atoms with E-state index in [1.54, 1.807) is 0 Å². The molecule has 0 aliphatic carbocycles. The number of esters is 1. The van der Waals surface area contributed by atoms with Crippen LogP contribution in [0.5, 0.6) is 0 Å². The molecule has 0 amide bonds. The Morgan fingerprint density at radius 3 is 1.26 bits per heavy atom. The summed E-state index contributed by atoms with van der Waals surface area (Å²) in [5.41, 5.74) is 5.38. The molecule has 0 rings (SSSR count). The van der Waals surface area contributed by atoms with Gasteiger partial charge in [-0.25, -0.2) is 4.57 Å². The van der Waals surface area contributed by atoms with Crippen LogP contribution in [0, 0.1) is 0 Å². The Morgan fingerprint density at radius 2 is 0.846 bits per heavy atom. The summed E-state index contributed by atoms with van der Waals surface area (Å²) in [6.07, 6.45) is 61.3. The molecule has 0 aliphatic heterocycles. The zero-order chi connectivity index (χ0) is 47.6.